The summed E-state index contributed by atoms with van der Waals surface area (Å²) in [6, 6.07) is 8.55. The van der Waals surface area contributed by atoms with Crippen LogP contribution < -0.4 is 4.74 Å². The number of methoxy groups -OCH3 is 1. The molecule has 0 spiro atoms. The summed E-state index contributed by atoms with van der Waals surface area (Å²) in [6.45, 7) is 0. The van der Waals surface area contributed by atoms with Crippen molar-refractivity contribution < 1.29 is 4.74 Å². The van der Waals surface area contributed by atoms with E-state index in [4.69, 9.17) is 4.74 Å². The van der Waals surface area contributed by atoms with Crippen molar-refractivity contribution >= 4 is 6.21 Å². The van der Waals surface area contributed by atoms with E-state index in [0.717, 1.165) is 12.2 Å². The molecular formula is C11H14N2O. The minimum Gasteiger partial charge on any atom is -0.497 e. The van der Waals surface area contributed by atoms with Gasteiger partial charge in [-0.05, 0) is 17.7 Å². The molecule has 0 fully saturated rings. The van der Waals surface area contributed by atoms with Gasteiger partial charge >= 0.3 is 0 Å². The van der Waals surface area contributed by atoms with Crippen molar-refractivity contribution in [3.8, 4) is 5.75 Å². The summed E-state index contributed by atoms with van der Waals surface area (Å²) in [7, 11) is 3.68. The zero-order valence-electron chi connectivity index (χ0n) is 8.47. The summed E-state index contributed by atoms with van der Waals surface area (Å²) in [5.74, 6) is 0.898. The Balaban J connectivity index is 2.17. The molecule has 0 radical (unpaired) electrons. The molecule has 1 aromatic rings. The van der Waals surface area contributed by atoms with E-state index in [2.05, 4.69) is 17.2 Å². The highest BCUT2D eigenvalue weighted by atomic mass is 16.5. The molecule has 0 saturated heterocycles. The largest absolute Gasteiger partial charge is 0.497 e. The molecule has 0 bridgehead atoms. The van der Waals surface area contributed by atoms with Crippen LogP contribution in [0.1, 0.15) is 18.0 Å². The minimum atomic E-state index is 0.390. The first-order chi connectivity index (χ1) is 6.81. The number of benzene rings is 1. The minimum absolute atomic E-state index is 0.390. The maximum absolute atomic E-state index is 5.11. The third-order valence-corrected chi connectivity index (χ3v) is 2.54. The van der Waals surface area contributed by atoms with Crippen LogP contribution in [0.15, 0.2) is 29.4 Å². The van der Waals surface area contributed by atoms with E-state index in [1.54, 1.807) is 7.11 Å². The van der Waals surface area contributed by atoms with Gasteiger partial charge in [-0.1, -0.05) is 12.1 Å². The smallest absolute Gasteiger partial charge is 0.118 e. The van der Waals surface area contributed by atoms with E-state index in [1.807, 2.05) is 30.4 Å². The fourth-order valence-electron chi connectivity index (χ4n) is 1.69. The predicted molar refractivity (Wildman–Crippen MR) is 56.6 cm³/mol. The van der Waals surface area contributed by atoms with Crippen LogP contribution in [0.3, 0.4) is 0 Å². The lowest BCUT2D eigenvalue weighted by Gasteiger charge is -2.19. The average Bonchev–Trinajstić information content (AvgIpc) is 2.65. The molecule has 0 amide bonds. The highest BCUT2D eigenvalue weighted by molar-refractivity contribution is 5.60. The van der Waals surface area contributed by atoms with Crippen molar-refractivity contribution in [3.05, 3.63) is 29.8 Å². The van der Waals surface area contributed by atoms with Crippen molar-refractivity contribution in [3.63, 3.8) is 0 Å². The molecule has 0 aliphatic carbocycles. The standard InChI is InChI=1S/C11H14N2O/c1-13-11(7-8-12-13)9-3-5-10(14-2)6-4-9/h3-6,8,11H,7H2,1-2H3. The van der Waals surface area contributed by atoms with E-state index >= 15 is 0 Å². The van der Waals surface area contributed by atoms with Gasteiger partial charge in [0.15, 0.2) is 0 Å². The lowest BCUT2D eigenvalue weighted by atomic mass is 10.1. The van der Waals surface area contributed by atoms with Crippen LogP contribution in [0.25, 0.3) is 0 Å². The van der Waals surface area contributed by atoms with Gasteiger partial charge in [0, 0.05) is 19.7 Å². The van der Waals surface area contributed by atoms with Gasteiger partial charge in [0.05, 0.1) is 13.2 Å². The third kappa shape index (κ3) is 1.58. The van der Waals surface area contributed by atoms with E-state index in [-0.39, 0.29) is 0 Å². The van der Waals surface area contributed by atoms with Crippen LogP contribution in [0.4, 0.5) is 0 Å². The van der Waals surface area contributed by atoms with E-state index in [1.165, 1.54) is 5.56 Å². The maximum atomic E-state index is 5.11. The van der Waals surface area contributed by atoms with Gasteiger partial charge in [0.1, 0.15) is 5.75 Å². The Hall–Kier alpha value is -1.51. The average molecular weight is 190 g/mol. The second-order valence-corrected chi connectivity index (χ2v) is 3.40. The monoisotopic (exact) mass is 190 g/mol. The molecule has 0 saturated carbocycles. The van der Waals surface area contributed by atoms with Gasteiger partial charge in [-0.2, -0.15) is 5.10 Å². The summed E-state index contributed by atoms with van der Waals surface area (Å²) in [5.41, 5.74) is 1.28. The van der Waals surface area contributed by atoms with Crippen LogP contribution in [0, 0.1) is 0 Å². The van der Waals surface area contributed by atoms with Gasteiger partial charge in [0.2, 0.25) is 0 Å². The fraction of sp³-hybridized carbons (Fsp3) is 0.364. The summed E-state index contributed by atoms with van der Waals surface area (Å²) in [6.07, 6.45) is 2.94. The molecule has 74 valence electrons. The molecule has 14 heavy (non-hydrogen) atoms. The van der Waals surface area contributed by atoms with Crippen molar-refractivity contribution in [2.75, 3.05) is 14.2 Å². The van der Waals surface area contributed by atoms with Crippen LogP contribution in [-0.4, -0.2) is 25.4 Å². The molecule has 1 aliphatic heterocycles. The third-order valence-electron chi connectivity index (χ3n) is 2.54. The lowest BCUT2D eigenvalue weighted by molar-refractivity contribution is 0.289. The molecule has 2 rings (SSSR count). The summed E-state index contributed by atoms with van der Waals surface area (Å²) in [5, 5.41) is 6.20. The van der Waals surface area contributed by atoms with E-state index < -0.39 is 0 Å². The first-order valence-electron chi connectivity index (χ1n) is 4.70. The quantitative estimate of drug-likeness (QED) is 0.713. The van der Waals surface area contributed by atoms with E-state index in [9.17, 15) is 0 Å². The summed E-state index contributed by atoms with van der Waals surface area (Å²) >= 11 is 0. The Morgan fingerprint density at radius 3 is 2.57 bits per heavy atom. The lowest BCUT2D eigenvalue weighted by Crippen LogP contribution is -2.13. The predicted octanol–water partition coefficient (Wildman–Crippen LogP) is 2.06. The molecule has 0 N–H and O–H groups in total. The van der Waals surface area contributed by atoms with Crippen LogP contribution >= 0.6 is 0 Å². The van der Waals surface area contributed by atoms with Crippen LogP contribution in [0.5, 0.6) is 5.75 Å². The molecule has 3 nitrogen and oxygen atoms in total. The second-order valence-electron chi connectivity index (χ2n) is 3.40. The number of hydrogen-bond acceptors (Lipinski definition) is 3. The molecular weight excluding hydrogens is 176 g/mol. The zero-order chi connectivity index (χ0) is 9.97. The maximum Gasteiger partial charge on any atom is 0.118 e. The van der Waals surface area contributed by atoms with Gasteiger partial charge in [-0.25, -0.2) is 0 Å². The number of hydrazone groups is 1. The first kappa shape index (κ1) is 9.06. The molecule has 1 heterocycles. The molecule has 3 heteroatoms. The molecule has 1 aliphatic rings. The normalized spacial score (nSPS) is 20.1. The summed E-state index contributed by atoms with van der Waals surface area (Å²) < 4.78 is 5.11. The topological polar surface area (TPSA) is 24.8 Å². The molecule has 1 unspecified atom stereocenters. The number of ether oxygens (including phenoxy) is 1. The second kappa shape index (κ2) is 3.70. The Morgan fingerprint density at radius 1 is 1.36 bits per heavy atom. The molecule has 0 aromatic heterocycles. The number of nitrogens with zero attached hydrogens (tertiary/aromatic N) is 2. The Bertz CT molecular complexity index is 332. The zero-order valence-corrected chi connectivity index (χ0v) is 8.47. The Morgan fingerprint density at radius 2 is 2.07 bits per heavy atom. The number of rotatable bonds is 2. The van der Waals surface area contributed by atoms with Crippen molar-refractivity contribution in [1.82, 2.24) is 5.01 Å². The van der Waals surface area contributed by atoms with Crippen LogP contribution in [0.2, 0.25) is 0 Å². The van der Waals surface area contributed by atoms with Gasteiger partial charge < -0.3 is 4.74 Å². The highest BCUT2D eigenvalue weighted by Crippen LogP contribution is 2.27. The SMILES string of the molecule is COc1ccc(C2CC=NN2C)cc1. The van der Waals surface area contributed by atoms with Crippen molar-refractivity contribution in [2.45, 2.75) is 12.5 Å². The molecule has 1 aromatic carbocycles. The van der Waals surface area contributed by atoms with Crippen molar-refractivity contribution in [1.29, 1.82) is 0 Å². The van der Waals surface area contributed by atoms with Gasteiger partial charge in [-0.3, -0.25) is 5.01 Å². The first-order valence-corrected chi connectivity index (χ1v) is 4.70. The van der Waals surface area contributed by atoms with Crippen LogP contribution in [-0.2, 0) is 0 Å². The summed E-state index contributed by atoms with van der Waals surface area (Å²) in [4.78, 5) is 0. The van der Waals surface area contributed by atoms with Crippen molar-refractivity contribution in [2.24, 2.45) is 5.10 Å². The number of hydrogen-bond donors (Lipinski definition) is 0. The Kier molecular flexibility index (Phi) is 2.39. The Labute approximate surface area is 84.0 Å². The van der Waals surface area contributed by atoms with E-state index in [0.29, 0.717) is 6.04 Å². The van der Waals surface area contributed by atoms with Gasteiger partial charge in [-0.15, -0.1) is 0 Å². The fourth-order valence-corrected chi connectivity index (χ4v) is 1.69. The highest BCUT2D eigenvalue weighted by Gasteiger charge is 2.18. The molecule has 1 atom stereocenters. The van der Waals surface area contributed by atoms with Gasteiger partial charge in [0.25, 0.3) is 0 Å².